The Morgan fingerprint density at radius 1 is 1.18 bits per heavy atom. The van der Waals surface area contributed by atoms with Gasteiger partial charge in [-0.3, -0.25) is 4.90 Å². The summed E-state index contributed by atoms with van der Waals surface area (Å²) in [5.74, 6) is 2.71. The van der Waals surface area contributed by atoms with Gasteiger partial charge in [-0.1, -0.05) is 18.8 Å². The van der Waals surface area contributed by atoms with Gasteiger partial charge in [0.2, 0.25) is 0 Å². The van der Waals surface area contributed by atoms with Crippen molar-refractivity contribution in [2.45, 2.75) is 44.6 Å². The number of nitrogens with one attached hydrogen (secondary N) is 1. The van der Waals surface area contributed by atoms with E-state index in [0.717, 1.165) is 39.0 Å². The first-order valence-corrected chi connectivity index (χ1v) is 6.87. The highest BCUT2D eigenvalue weighted by Crippen LogP contribution is 2.09. The van der Waals surface area contributed by atoms with Gasteiger partial charge in [0.25, 0.3) is 0 Å². The van der Waals surface area contributed by atoms with E-state index in [1.807, 2.05) is 0 Å². The number of aliphatic hydroxyl groups is 1. The average Bonchev–Trinajstić information content (AvgIpc) is 2.36. The number of hydrogen-bond donors (Lipinski definition) is 2. The number of aliphatic hydroxyl groups excluding tert-OH is 1. The van der Waals surface area contributed by atoms with Crippen molar-refractivity contribution < 1.29 is 5.11 Å². The average molecular weight is 238 g/mol. The minimum Gasteiger partial charge on any atom is -0.396 e. The maximum atomic E-state index is 8.66. The van der Waals surface area contributed by atoms with E-state index >= 15 is 0 Å². The van der Waals surface area contributed by atoms with Gasteiger partial charge in [0, 0.05) is 25.7 Å². The fraction of sp³-hybridized carbons (Fsp3) is 0.857. The second-order valence-corrected chi connectivity index (χ2v) is 4.85. The van der Waals surface area contributed by atoms with Gasteiger partial charge in [0.15, 0.2) is 0 Å². The third kappa shape index (κ3) is 6.68. The Hall–Kier alpha value is -0.560. The lowest BCUT2D eigenvalue weighted by Crippen LogP contribution is -2.42. The van der Waals surface area contributed by atoms with E-state index < -0.39 is 0 Å². The van der Waals surface area contributed by atoms with Crippen LogP contribution in [0.4, 0.5) is 0 Å². The van der Waals surface area contributed by atoms with Crippen LogP contribution in [0.5, 0.6) is 0 Å². The van der Waals surface area contributed by atoms with Gasteiger partial charge in [0.05, 0.1) is 6.54 Å². The highest BCUT2D eigenvalue weighted by Gasteiger charge is 2.17. The number of terminal acetylenes is 1. The summed E-state index contributed by atoms with van der Waals surface area (Å²) in [5.41, 5.74) is 0. The number of rotatable bonds is 8. The van der Waals surface area contributed by atoms with E-state index in [1.165, 1.54) is 25.7 Å². The van der Waals surface area contributed by atoms with Crippen LogP contribution < -0.4 is 5.32 Å². The molecule has 0 aromatic carbocycles. The molecule has 0 saturated carbocycles. The van der Waals surface area contributed by atoms with Crippen LogP contribution in [0.2, 0.25) is 0 Å². The standard InChI is InChI=1S/C14H26N2O/c1-2-10-16-11-7-14(8-12-16)15-9-5-3-4-6-13-17/h1,14-15,17H,3-13H2. The first-order chi connectivity index (χ1) is 8.36. The maximum absolute atomic E-state index is 8.66. The van der Waals surface area contributed by atoms with Crippen LogP contribution in [-0.2, 0) is 0 Å². The normalized spacial score (nSPS) is 18.1. The first-order valence-electron chi connectivity index (χ1n) is 6.87. The molecule has 0 aromatic rings. The van der Waals surface area contributed by atoms with E-state index in [-0.39, 0.29) is 0 Å². The summed E-state index contributed by atoms with van der Waals surface area (Å²) in [5, 5.41) is 12.3. The first kappa shape index (κ1) is 14.5. The molecule has 2 N–H and O–H groups in total. The molecule has 1 rings (SSSR count). The summed E-state index contributed by atoms with van der Waals surface area (Å²) in [6.07, 6.45) is 12.3. The van der Waals surface area contributed by atoms with Crippen molar-refractivity contribution in [1.29, 1.82) is 0 Å². The maximum Gasteiger partial charge on any atom is 0.0598 e. The Morgan fingerprint density at radius 2 is 1.88 bits per heavy atom. The number of piperidine rings is 1. The molecule has 3 heteroatoms. The topological polar surface area (TPSA) is 35.5 Å². The molecule has 0 atom stereocenters. The summed E-state index contributed by atoms with van der Waals surface area (Å²) >= 11 is 0. The summed E-state index contributed by atoms with van der Waals surface area (Å²) < 4.78 is 0. The summed E-state index contributed by atoms with van der Waals surface area (Å²) in [4.78, 5) is 2.35. The third-order valence-corrected chi connectivity index (χ3v) is 3.42. The molecule has 0 aromatic heterocycles. The monoisotopic (exact) mass is 238 g/mol. The van der Waals surface area contributed by atoms with Crippen molar-refractivity contribution in [2.75, 3.05) is 32.8 Å². The van der Waals surface area contributed by atoms with Crippen molar-refractivity contribution in [3.05, 3.63) is 0 Å². The zero-order chi connectivity index (χ0) is 12.3. The van der Waals surface area contributed by atoms with Crippen LogP contribution in [0.15, 0.2) is 0 Å². The second kappa shape index (κ2) is 9.47. The van der Waals surface area contributed by atoms with Crippen LogP contribution in [0.25, 0.3) is 0 Å². The van der Waals surface area contributed by atoms with E-state index in [9.17, 15) is 0 Å². The van der Waals surface area contributed by atoms with Crippen molar-refractivity contribution in [1.82, 2.24) is 10.2 Å². The Bertz CT molecular complexity index is 217. The van der Waals surface area contributed by atoms with Gasteiger partial charge >= 0.3 is 0 Å². The van der Waals surface area contributed by atoms with E-state index in [2.05, 4.69) is 16.1 Å². The molecular formula is C14H26N2O. The van der Waals surface area contributed by atoms with Gasteiger partial charge in [-0.2, -0.15) is 0 Å². The molecule has 0 amide bonds. The lowest BCUT2D eigenvalue weighted by Gasteiger charge is -2.31. The Labute approximate surface area is 106 Å². The van der Waals surface area contributed by atoms with E-state index in [4.69, 9.17) is 11.5 Å². The molecule has 1 heterocycles. The fourth-order valence-corrected chi connectivity index (χ4v) is 2.32. The zero-order valence-electron chi connectivity index (χ0n) is 10.8. The second-order valence-electron chi connectivity index (χ2n) is 4.85. The van der Waals surface area contributed by atoms with E-state index in [0.29, 0.717) is 12.6 Å². The molecular weight excluding hydrogens is 212 g/mol. The number of likely N-dealkylation sites (tertiary alicyclic amines) is 1. The predicted molar refractivity (Wildman–Crippen MR) is 71.9 cm³/mol. The Balaban J connectivity index is 1.94. The highest BCUT2D eigenvalue weighted by molar-refractivity contribution is 4.90. The predicted octanol–water partition coefficient (Wildman–Crippen LogP) is 1.23. The van der Waals surface area contributed by atoms with Gasteiger partial charge in [-0.05, 0) is 32.2 Å². The smallest absolute Gasteiger partial charge is 0.0598 e. The molecule has 0 spiro atoms. The lowest BCUT2D eigenvalue weighted by molar-refractivity contribution is 0.217. The van der Waals surface area contributed by atoms with E-state index in [1.54, 1.807) is 0 Å². The summed E-state index contributed by atoms with van der Waals surface area (Å²) in [6.45, 7) is 4.51. The van der Waals surface area contributed by atoms with Gasteiger partial charge < -0.3 is 10.4 Å². The van der Waals surface area contributed by atoms with Crippen LogP contribution >= 0.6 is 0 Å². The minimum atomic E-state index is 0.334. The van der Waals surface area contributed by atoms with Crippen LogP contribution in [0.1, 0.15) is 38.5 Å². The van der Waals surface area contributed by atoms with Crippen molar-refractivity contribution in [2.24, 2.45) is 0 Å². The molecule has 1 aliphatic rings. The molecule has 0 bridgehead atoms. The molecule has 1 fully saturated rings. The minimum absolute atomic E-state index is 0.334. The third-order valence-electron chi connectivity index (χ3n) is 3.42. The number of unbranched alkanes of at least 4 members (excludes halogenated alkanes) is 3. The van der Waals surface area contributed by atoms with Gasteiger partial charge in [-0.25, -0.2) is 0 Å². The van der Waals surface area contributed by atoms with Gasteiger partial charge in [0.1, 0.15) is 0 Å². The zero-order valence-corrected chi connectivity index (χ0v) is 10.8. The van der Waals surface area contributed by atoms with Crippen molar-refractivity contribution >= 4 is 0 Å². The molecule has 0 unspecified atom stereocenters. The molecule has 0 radical (unpaired) electrons. The van der Waals surface area contributed by atoms with Gasteiger partial charge in [-0.15, -0.1) is 6.42 Å². The summed E-state index contributed by atoms with van der Waals surface area (Å²) in [7, 11) is 0. The Kier molecular flexibility index (Phi) is 8.08. The molecule has 98 valence electrons. The largest absolute Gasteiger partial charge is 0.396 e. The SMILES string of the molecule is C#CCN1CCC(NCCCCCCO)CC1. The fourth-order valence-electron chi connectivity index (χ4n) is 2.32. The molecule has 3 nitrogen and oxygen atoms in total. The van der Waals surface area contributed by atoms with Crippen LogP contribution in [0, 0.1) is 12.3 Å². The Morgan fingerprint density at radius 3 is 2.53 bits per heavy atom. The summed E-state index contributed by atoms with van der Waals surface area (Å²) in [6, 6.07) is 0.682. The van der Waals surface area contributed by atoms with Crippen LogP contribution in [-0.4, -0.2) is 48.8 Å². The number of hydrogen-bond acceptors (Lipinski definition) is 3. The molecule has 1 saturated heterocycles. The molecule has 17 heavy (non-hydrogen) atoms. The lowest BCUT2D eigenvalue weighted by atomic mass is 10.0. The van der Waals surface area contributed by atoms with Crippen molar-refractivity contribution in [3.63, 3.8) is 0 Å². The molecule has 0 aliphatic carbocycles. The quantitative estimate of drug-likeness (QED) is 0.493. The number of nitrogens with zero attached hydrogens (tertiary/aromatic N) is 1. The van der Waals surface area contributed by atoms with Crippen LogP contribution in [0.3, 0.4) is 0 Å². The molecule has 1 aliphatic heterocycles. The van der Waals surface area contributed by atoms with Crippen molar-refractivity contribution in [3.8, 4) is 12.3 Å². The highest BCUT2D eigenvalue weighted by atomic mass is 16.2.